The Kier molecular flexibility index (Phi) is 2.92. The Morgan fingerprint density at radius 3 is 2.94 bits per heavy atom. The van der Waals surface area contributed by atoms with Gasteiger partial charge < -0.3 is 5.32 Å². The predicted molar refractivity (Wildman–Crippen MR) is 73.4 cm³/mol. The van der Waals surface area contributed by atoms with Gasteiger partial charge >= 0.3 is 0 Å². The minimum absolute atomic E-state index is 0.850. The van der Waals surface area contributed by atoms with Crippen LogP contribution < -0.4 is 5.32 Å². The van der Waals surface area contributed by atoms with E-state index >= 15 is 0 Å². The van der Waals surface area contributed by atoms with Crippen LogP contribution in [0.5, 0.6) is 0 Å². The molecule has 1 aromatic heterocycles. The van der Waals surface area contributed by atoms with Crippen molar-refractivity contribution >= 4 is 0 Å². The van der Waals surface area contributed by atoms with Crippen molar-refractivity contribution in [2.45, 2.75) is 25.8 Å². The summed E-state index contributed by atoms with van der Waals surface area (Å²) >= 11 is 0. The van der Waals surface area contributed by atoms with E-state index in [0.717, 1.165) is 6.54 Å². The summed E-state index contributed by atoms with van der Waals surface area (Å²) in [6.07, 6.45) is 5.75. The molecule has 0 atom stereocenters. The summed E-state index contributed by atoms with van der Waals surface area (Å²) in [5.74, 6) is 0. The first-order chi connectivity index (χ1) is 8.79. The molecule has 0 bridgehead atoms. The zero-order chi connectivity index (χ0) is 12.5. The summed E-state index contributed by atoms with van der Waals surface area (Å²) in [6, 6.07) is 6.87. The number of rotatable bonds is 3. The van der Waals surface area contributed by atoms with Crippen LogP contribution in [0.25, 0.3) is 11.1 Å². The molecule has 0 spiro atoms. The van der Waals surface area contributed by atoms with Gasteiger partial charge in [-0.05, 0) is 43.0 Å². The second-order valence-electron chi connectivity index (χ2n) is 5.00. The summed E-state index contributed by atoms with van der Waals surface area (Å²) in [5, 5.41) is 7.59. The minimum Gasteiger partial charge on any atom is -0.314 e. The van der Waals surface area contributed by atoms with Crippen LogP contribution in [-0.4, -0.2) is 16.8 Å². The van der Waals surface area contributed by atoms with Gasteiger partial charge in [0.15, 0.2) is 0 Å². The standard InChI is InChI=1S/C15H19N3/c1-16-10-15-14(9-17-18(15)2)13-7-6-11-4-3-5-12(11)8-13/h6-9,16H,3-5,10H2,1-2H3. The second kappa shape index (κ2) is 4.58. The maximum atomic E-state index is 4.38. The van der Waals surface area contributed by atoms with Crippen LogP contribution in [0.3, 0.4) is 0 Å². The SMILES string of the molecule is CNCc1c(-c2ccc3c(c2)CCC3)cnn1C. The van der Waals surface area contributed by atoms with Crippen LogP contribution in [0.1, 0.15) is 23.2 Å². The molecular weight excluding hydrogens is 222 g/mol. The number of nitrogens with zero attached hydrogens (tertiary/aromatic N) is 2. The lowest BCUT2D eigenvalue weighted by Crippen LogP contribution is -2.10. The lowest BCUT2D eigenvalue weighted by Gasteiger charge is -2.07. The number of nitrogens with one attached hydrogen (secondary N) is 1. The highest BCUT2D eigenvalue weighted by Gasteiger charge is 2.14. The van der Waals surface area contributed by atoms with Crippen molar-refractivity contribution in [1.29, 1.82) is 0 Å². The molecule has 0 fully saturated rings. The van der Waals surface area contributed by atoms with Crippen molar-refractivity contribution in [3.05, 3.63) is 41.2 Å². The monoisotopic (exact) mass is 241 g/mol. The van der Waals surface area contributed by atoms with Gasteiger partial charge in [0.1, 0.15) is 0 Å². The molecule has 3 heteroatoms. The van der Waals surface area contributed by atoms with Crippen LogP contribution in [0.15, 0.2) is 24.4 Å². The van der Waals surface area contributed by atoms with E-state index in [9.17, 15) is 0 Å². The molecule has 0 radical (unpaired) electrons. The molecule has 1 N–H and O–H groups in total. The van der Waals surface area contributed by atoms with E-state index in [-0.39, 0.29) is 0 Å². The number of hydrogen-bond acceptors (Lipinski definition) is 2. The predicted octanol–water partition coefficient (Wildman–Crippen LogP) is 2.30. The fraction of sp³-hybridized carbons (Fsp3) is 0.400. The van der Waals surface area contributed by atoms with Crippen molar-refractivity contribution in [2.24, 2.45) is 7.05 Å². The van der Waals surface area contributed by atoms with E-state index in [1.165, 1.54) is 47.2 Å². The number of aryl methyl sites for hydroxylation is 3. The van der Waals surface area contributed by atoms with Crippen molar-refractivity contribution < 1.29 is 0 Å². The summed E-state index contributed by atoms with van der Waals surface area (Å²) < 4.78 is 1.96. The lowest BCUT2D eigenvalue weighted by atomic mass is 10.0. The average Bonchev–Trinajstić information content (AvgIpc) is 2.97. The highest BCUT2D eigenvalue weighted by atomic mass is 15.3. The van der Waals surface area contributed by atoms with Gasteiger partial charge in [-0.15, -0.1) is 0 Å². The average molecular weight is 241 g/mol. The smallest absolute Gasteiger partial charge is 0.0597 e. The third kappa shape index (κ3) is 1.85. The number of benzene rings is 1. The molecule has 3 nitrogen and oxygen atoms in total. The minimum atomic E-state index is 0.850. The highest BCUT2D eigenvalue weighted by molar-refractivity contribution is 5.67. The number of hydrogen-bond donors (Lipinski definition) is 1. The molecule has 1 aromatic carbocycles. The third-order valence-electron chi connectivity index (χ3n) is 3.82. The Hall–Kier alpha value is -1.61. The van der Waals surface area contributed by atoms with Crippen molar-refractivity contribution in [1.82, 2.24) is 15.1 Å². The molecule has 1 heterocycles. The molecule has 0 aliphatic heterocycles. The zero-order valence-electron chi connectivity index (χ0n) is 11.0. The van der Waals surface area contributed by atoms with E-state index in [1.54, 1.807) is 0 Å². The van der Waals surface area contributed by atoms with Gasteiger partial charge in [0.2, 0.25) is 0 Å². The van der Waals surface area contributed by atoms with E-state index in [1.807, 2.05) is 25.0 Å². The Bertz CT molecular complexity index is 569. The number of fused-ring (bicyclic) bond motifs is 1. The van der Waals surface area contributed by atoms with E-state index in [4.69, 9.17) is 0 Å². The van der Waals surface area contributed by atoms with Crippen LogP contribution in [0.2, 0.25) is 0 Å². The first-order valence-corrected chi connectivity index (χ1v) is 6.57. The Morgan fingerprint density at radius 1 is 1.28 bits per heavy atom. The van der Waals surface area contributed by atoms with Crippen LogP contribution in [0.4, 0.5) is 0 Å². The fourth-order valence-electron chi connectivity index (χ4n) is 2.82. The molecule has 1 aliphatic carbocycles. The quantitative estimate of drug-likeness (QED) is 0.893. The van der Waals surface area contributed by atoms with Crippen LogP contribution in [0, 0.1) is 0 Å². The van der Waals surface area contributed by atoms with Crippen LogP contribution >= 0.6 is 0 Å². The molecule has 94 valence electrons. The zero-order valence-corrected chi connectivity index (χ0v) is 11.0. The highest BCUT2D eigenvalue weighted by Crippen LogP contribution is 2.29. The molecule has 18 heavy (non-hydrogen) atoms. The molecule has 0 saturated heterocycles. The lowest BCUT2D eigenvalue weighted by molar-refractivity contribution is 0.673. The van der Waals surface area contributed by atoms with Gasteiger partial charge in [-0.3, -0.25) is 4.68 Å². The Labute approximate surface area is 108 Å². The Balaban J connectivity index is 2.04. The van der Waals surface area contributed by atoms with E-state index in [2.05, 4.69) is 28.6 Å². The second-order valence-corrected chi connectivity index (χ2v) is 5.00. The van der Waals surface area contributed by atoms with Gasteiger partial charge in [-0.2, -0.15) is 5.10 Å². The Morgan fingerprint density at radius 2 is 2.11 bits per heavy atom. The molecule has 3 rings (SSSR count). The maximum absolute atomic E-state index is 4.38. The summed E-state index contributed by atoms with van der Waals surface area (Å²) in [6.45, 7) is 0.850. The molecule has 0 saturated carbocycles. The molecule has 2 aromatic rings. The van der Waals surface area contributed by atoms with Gasteiger partial charge in [-0.25, -0.2) is 0 Å². The van der Waals surface area contributed by atoms with Crippen molar-refractivity contribution in [3.63, 3.8) is 0 Å². The fourth-order valence-corrected chi connectivity index (χ4v) is 2.82. The summed E-state index contributed by atoms with van der Waals surface area (Å²) in [7, 11) is 3.98. The van der Waals surface area contributed by atoms with E-state index < -0.39 is 0 Å². The number of aromatic nitrogens is 2. The van der Waals surface area contributed by atoms with Gasteiger partial charge in [0, 0.05) is 19.2 Å². The largest absolute Gasteiger partial charge is 0.314 e. The molecule has 1 aliphatic rings. The first-order valence-electron chi connectivity index (χ1n) is 6.57. The van der Waals surface area contributed by atoms with Crippen molar-refractivity contribution in [3.8, 4) is 11.1 Å². The van der Waals surface area contributed by atoms with Gasteiger partial charge in [0.05, 0.1) is 11.9 Å². The molecule has 0 amide bonds. The molecular formula is C15H19N3. The van der Waals surface area contributed by atoms with Gasteiger partial charge in [-0.1, -0.05) is 18.2 Å². The van der Waals surface area contributed by atoms with E-state index in [0.29, 0.717) is 0 Å². The molecule has 0 unspecified atom stereocenters. The first kappa shape index (κ1) is 11.5. The van der Waals surface area contributed by atoms with Crippen LogP contribution in [-0.2, 0) is 26.4 Å². The van der Waals surface area contributed by atoms with Gasteiger partial charge in [0.25, 0.3) is 0 Å². The van der Waals surface area contributed by atoms with Crippen molar-refractivity contribution in [2.75, 3.05) is 7.05 Å². The maximum Gasteiger partial charge on any atom is 0.0597 e. The summed E-state index contributed by atoms with van der Waals surface area (Å²) in [5.41, 5.74) is 6.84. The normalized spacial score (nSPS) is 13.9. The third-order valence-corrected chi connectivity index (χ3v) is 3.82. The topological polar surface area (TPSA) is 29.9 Å². The summed E-state index contributed by atoms with van der Waals surface area (Å²) in [4.78, 5) is 0.